The van der Waals surface area contributed by atoms with Crippen molar-refractivity contribution in [2.45, 2.75) is 19.4 Å². The molecule has 4 nitrogen and oxygen atoms in total. The van der Waals surface area contributed by atoms with E-state index >= 15 is 0 Å². The van der Waals surface area contributed by atoms with Crippen LogP contribution in [-0.4, -0.2) is 30.1 Å². The first-order chi connectivity index (χ1) is 7.25. The number of ether oxygens (including phenoxy) is 2. The molecule has 0 radical (unpaired) electrons. The molecule has 1 aromatic heterocycles. The summed E-state index contributed by atoms with van der Waals surface area (Å²) in [4.78, 5) is 15.2. The Hall–Kier alpha value is -1.42. The zero-order valence-corrected chi connectivity index (χ0v) is 8.60. The first-order valence-corrected chi connectivity index (χ1v) is 4.97. The Morgan fingerprint density at radius 2 is 2.53 bits per heavy atom. The van der Waals surface area contributed by atoms with Gasteiger partial charge < -0.3 is 9.47 Å². The molecule has 1 unspecified atom stereocenters. The number of pyridine rings is 1. The van der Waals surface area contributed by atoms with Crippen molar-refractivity contribution in [3.8, 4) is 5.88 Å². The lowest BCUT2D eigenvalue weighted by atomic mass is 10.2. The van der Waals surface area contributed by atoms with Crippen molar-refractivity contribution < 1.29 is 14.3 Å². The number of rotatable bonds is 3. The molecule has 1 atom stereocenters. The maximum atomic E-state index is 11.1. The summed E-state index contributed by atoms with van der Waals surface area (Å²) < 4.78 is 10.8. The van der Waals surface area contributed by atoms with E-state index in [1.54, 1.807) is 18.3 Å². The molecule has 1 saturated heterocycles. The Kier molecular flexibility index (Phi) is 2.97. The van der Waals surface area contributed by atoms with E-state index in [0.717, 1.165) is 13.0 Å². The van der Waals surface area contributed by atoms with Crippen LogP contribution in [0.2, 0.25) is 0 Å². The highest BCUT2D eigenvalue weighted by Crippen LogP contribution is 2.15. The van der Waals surface area contributed by atoms with E-state index in [-0.39, 0.29) is 11.9 Å². The second-order valence-corrected chi connectivity index (χ2v) is 3.54. The zero-order valence-electron chi connectivity index (χ0n) is 8.60. The summed E-state index contributed by atoms with van der Waals surface area (Å²) in [6.07, 6.45) is 2.54. The van der Waals surface area contributed by atoms with Gasteiger partial charge in [0.25, 0.3) is 0 Å². The normalized spacial score (nSPS) is 20.2. The predicted octanol–water partition coefficient (Wildman–Crippen LogP) is 1.45. The van der Waals surface area contributed by atoms with Crippen molar-refractivity contribution >= 4 is 5.78 Å². The van der Waals surface area contributed by atoms with Gasteiger partial charge in [0, 0.05) is 24.2 Å². The molecule has 0 saturated carbocycles. The Labute approximate surface area is 88.2 Å². The molecule has 1 aromatic rings. The molecular formula is C11H13NO3. The lowest BCUT2D eigenvalue weighted by Crippen LogP contribution is -2.16. The number of hydrogen-bond acceptors (Lipinski definition) is 4. The summed E-state index contributed by atoms with van der Waals surface area (Å²) in [5.41, 5.74) is 0.624. The second-order valence-electron chi connectivity index (χ2n) is 3.54. The number of ketones is 1. The average Bonchev–Trinajstić information content (AvgIpc) is 2.71. The van der Waals surface area contributed by atoms with Crippen LogP contribution >= 0.6 is 0 Å². The molecule has 0 amide bonds. The van der Waals surface area contributed by atoms with E-state index in [4.69, 9.17) is 9.47 Å². The second kappa shape index (κ2) is 4.40. The number of nitrogens with zero attached hydrogens (tertiary/aromatic N) is 1. The summed E-state index contributed by atoms with van der Waals surface area (Å²) in [6.45, 7) is 2.86. The van der Waals surface area contributed by atoms with E-state index in [2.05, 4.69) is 4.98 Å². The fourth-order valence-corrected chi connectivity index (χ4v) is 1.47. The zero-order chi connectivity index (χ0) is 10.7. The van der Waals surface area contributed by atoms with Crippen molar-refractivity contribution in [1.29, 1.82) is 0 Å². The van der Waals surface area contributed by atoms with Crippen LogP contribution in [-0.2, 0) is 4.74 Å². The smallest absolute Gasteiger partial charge is 0.214 e. The Morgan fingerprint density at radius 1 is 1.67 bits per heavy atom. The third kappa shape index (κ3) is 2.53. The first-order valence-electron chi connectivity index (χ1n) is 4.97. The molecule has 0 N–H and O–H groups in total. The van der Waals surface area contributed by atoms with E-state index in [0.29, 0.717) is 18.1 Å². The van der Waals surface area contributed by atoms with Crippen LogP contribution in [0.5, 0.6) is 5.88 Å². The minimum absolute atomic E-state index is 0.0184. The maximum absolute atomic E-state index is 11.1. The van der Waals surface area contributed by atoms with E-state index < -0.39 is 0 Å². The van der Waals surface area contributed by atoms with Crippen LogP contribution in [0.4, 0.5) is 0 Å². The largest absolute Gasteiger partial charge is 0.472 e. The summed E-state index contributed by atoms with van der Waals surface area (Å²) >= 11 is 0. The lowest BCUT2D eigenvalue weighted by Gasteiger charge is -2.10. The van der Waals surface area contributed by atoms with Crippen molar-refractivity contribution in [1.82, 2.24) is 4.98 Å². The van der Waals surface area contributed by atoms with Gasteiger partial charge in [0.2, 0.25) is 5.88 Å². The fraction of sp³-hybridized carbons (Fsp3) is 0.455. The first kappa shape index (κ1) is 10.1. The standard InChI is InChI=1S/C11H13NO3/c1-8(13)9-2-4-12-11(6-9)15-10-3-5-14-7-10/h2,4,6,10H,3,5,7H2,1H3. The molecule has 0 aliphatic carbocycles. The molecule has 2 rings (SSSR count). The average molecular weight is 207 g/mol. The van der Waals surface area contributed by atoms with Gasteiger partial charge in [-0.1, -0.05) is 0 Å². The number of carbonyl (C=O) groups is 1. The molecular weight excluding hydrogens is 194 g/mol. The SMILES string of the molecule is CC(=O)c1ccnc(OC2CCOC2)c1. The maximum Gasteiger partial charge on any atom is 0.214 e. The minimum Gasteiger partial charge on any atom is -0.472 e. The van der Waals surface area contributed by atoms with Crippen molar-refractivity contribution in [3.05, 3.63) is 23.9 Å². The number of hydrogen-bond donors (Lipinski definition) is 0. The highest BCUT2D eigenvalue weighted by atomic mass is 16.5. The third-order valence-electron chi connectivity index (χ3n) is 2.32. The van der Waals surface area contributed by atoms with E-state index in [1.165, 1.54) is 6.92 Å². The quantitative estimate of drug-likeness (QED) is 0.704. The van der Waals surface area contributed by atoms with Gasteiger partial charge in [-0.15, -0.1) is 0 Å². The van der Waals surface area contributed by atoms with Gasteiger partial charge in [-0.25, -0.2) is 4.98 Å². The topological polar surface area (TPSA) is 48.4 Å². The lowest BCUT2D eigenvalue weighted by molar-refractivity contribution is 0.101. The number of carbonyl (C=O) groups excluding carboxylic acids is 1. The molecule has 4 heteroatoms. The predicted molar refractivity (Wildman–Crippen MR) is 54.1 cm³/mol. The van der Waals surface area contributed by atoms with Crippen molar-refractivity contribution in [2.24, 2.45) is 0 Å². The summed E-state index contributed by atoms with van der Waals surface area (Å²) in [6, 6.07) is 3.35. The third-order valence-corrected chi connectivity index (χ3v) is 2.32. The van der Waals surface area contributed by atoms with Gasteiger partial charge in [0.15, 0.2) is 5.78 Å². The van der Waals surface area contributed by atoms with E-state index in [9.17, 15) is 4.79 Å². The molecule has 1 aliphatic rings. The van der Waals surface area contributed by atoms with Crippen LogP contribution in [0, 0.1) is 0 Å². The highest BCUT2D eigenvalue weighted by molar-refractivity contribution is 5.94. The fourth-order valence-electron chi connectivity index (χ4n) is 1.47. The molecule has 0 spiro atoms. The Bertz CT molecular complexity index is 359. The molecule has 15 heavy (non-hydrogen) atoms. The van der Waals surface area contributed by atoms with Gasteiger partial charge in [-0.3, -0.25) is 4.79 Å². The minimum atomic E-state index is 0.0184. The molecule has 0 bridgehead atoms. The van der Waals surface area contributed by atoms with Crippen LogP contribution < -0.4 is 4.74 Å². The molecule has 1 aliphatic heterocycles. The number of Topliss-reactive ketones (excluding diaryl/α,β-unsaturated/α-hetero) is 1. The van der Waals surface area contributed by atoms with Crippen molar-refractivity contribution in [2.75, 3.05) is 13.2 Å². The molecule has 0 aromatic carbocycles. The summed E-state index contributed by atoms with van der Waals surface area (Å²) in [5.74, 6) is 0.517. The number of aromatic nitrogens is 1. The van der Waals surface area contributed by atoms with Crippen molar-refractivity contribution in [3.63, 3.8) is 0 Å². The van der Waals surface area contributed by atoms with Gasteiger partial charge in [-0.05, 0) is 13.0 Å². The van der Waals surface area contributed by atoms with Crippen LogP contribution in [0.25, 0.3) is 0 Å². The van der Waals surface area contributed by atoms with Gasteiger partial charge >= 0.3 is 0 Å². The molecule has 80 valence electrons. The van der Waals surface area contributed by atoms with Gasteiger partial charge in [0.05, 0.1) is 13.2 Å². The van der Waals surface area contributed by atoms with E-state index in [1.807, 2.05) is 0 Å². The molecule has 2 heterocycles. The van der Waals surface area contributed by atoms with Gasteiger partial charge in [-0.2, -0.15) is 0 Å². The Balaban J connectivity index is 2.07. The monoisotopic (exact) mass is 207 g/mol. The summed E-state index contributed by atoms with van der Waals surface area (Å²) in [5, 5.41) is 0. The molecule has 1 fully saturated rings. The van der Waals surface area contributed by atoms with Gasteiger partial charge in [0.1, 0.15) is 6.10 Å². The van der Waals surface area contributed by atoms with Crippen LogP contribution in [0.3, 0.4) is 0 Å². The van der Waals surface area contributed by atoms with Crippen LogP contribution in [0.1, 0.15) is 23.7 Å². The van der Waals surface area contributed by atoms with Crippen LogP contribution in [0.15, 0.2) is 18.3 Å². The highest BCUT2D eigenvalue weighted by Gasteiger charge is 2.17. The summed E-state index contributed by atoms with van der Waals surface area (Å²) in [7, 11) is 0. The Morgan fingerprint density at radius 3 is 3.20 bits per heavy atom.